The Morgan fingerprint density at radius 1 is 1.18 bits per heavy atom. The molecule has 0 aromatic rings. The van der Waals surface area contributed by atoms with Gasteiger partial charge in [0.25, 0.3) is 0 Å². The van der Waals surface area contributed by atoms with E-state index in [1.807, 2.05) is 0 Å². The summed E-state index contributed by atoms with van der Waals surface area (Å²) in [5.41, 5.74) is 0.138. The standard InChI is InChI=1S/C18H28O3Se/c1-16(2)13-6-8-17(16,3)15(19)14(13)22-11-12-5-9-18(21-12)7-4-10-20-18/h12-14H,4-11H2,1-3H3/t12-,13+,14-,17-,18-/m0/s1. The van der Waals surface area contributed by atoms with E-state index < -0.39 is 0 Å². The molecule has 4 aliphatic rings. The molecule has 22 heavy (non-hydrogen) atoms. The molecule has 0 aromatic carbocycles. The normalized spacial score (nSPS) is 49.6. The Balaban J connectivity index is 1.38. The van der Waals surface area contributed by atoms with E-state index in [0.717, 1.165) is 44.0 Å². The first-order valence-corrected chi connectivity index (χ1v) is 11.1. The first kappa shape index (κ1) is 15.6. The van der Waals surface area contributed by atoms with Crippen LogP contribution in [0.5, 0.6) is 0 Å². The Morgan fingerprint density at radius 3 is 2.64 bits per heavy atom. The van der Waals surface area contributed by atoms with Crippen LogP contribution in [0.4, 0.5) is 0 Å². The molecule has 2 aliphatic heterocycles. The quantitative estimate of drug-likeness (QED) is 0.711. The van der Waals surface area contributed by atoms with Gasteiger partial charge in [0.1, 0.15) is 0 Å². The predicted molar refractivity (Wildman–Crippen MR) is 86.0 cm³/mol. The summed E-state index contributed by atoms with van der Waals surface area (Å²) in [6.45, 7) is 7.73. The van der Waals surface area contributed by atoms with Gasteiger partial charge in [-0.25, -0.2) is 0 Å². The van der Waals surface area contributed by atoms with Gasteiger partial charge in [-0.15, -0.1) is 0 Å². The van der Waals surface area contributed by atoms with E-state index in [9.17, 15) is 4.79 Å². The van der Waals surface area contributed by atoms with E-state index in [1.54, 1.807) is 0 Å². The van der Waals surface area contributed by atoms with E-state index >= 15 is 0 Å². The number of rotatable bonds is 3. The first-order chi connectivity index (χ1) is 10.4. The second-order valence-corrected chi connectivity index (χ2v) is 10.9. The molecule has 0 unspecified atom stereocenters. The van der Waals surface area contributed by atoms with Crippen molar-refractivity contribution in [3.8, 4) is 0 Å². The van der Waals surface area contributed by atoms with Crippen LogP contribution in [0.15, 0.2) is 0 Å². The number of fused-ring (bicyclic) bond motifs is 2. The van der Waals surface area contributed by atoms with Crippen LogP contribution in [0.3, 0.4) is 0 Å². The van der Waals surface area contributed by atoms with Gasteiger partial charge < -0.3 is 0 Å². The molecular weight excluding hydrogens is 343 g/mol. The molecule has 2 aliphatic carbocycles. The predicted octanol–water partition coefficient (Wildman–Crippen LogP) is 3.61. The number of carbonyl (C=O) groups is 1. The molecule has 5 atom stereocenters. The zero-order valence-corrected chi connectivity index (χ0v) is 15.7. The summed E-state index contributed by atoms with van der Waals surface area (Å²) in [4.78, 5) is 13.2. The first-order valence-electron chi connectivity index (χ1n) is 8.86. The van der Waals surface area contributed by atoms with E-state index in [-0.39, 0.29) is 16.6 Å². The van der Waals surface area contributed by atoms with Gasteiger partial charge in [-0.05, 0) is 0 Å². The Hall–Kier alpha value is 0.109. The number of ether oxygens (including phenoxy) is 2. The third kappa shape index (κ3) is 2.03. The van der Waals surface area contributed by atoms with Crippen LogP contribution in [0.2, 0.25) is 10.1 Å². The van der Waals surface area contributed by atoms with Crippen molar-refractivity contribution in [3.05, 3.63) is 0 Å². The average Bonchev–Trinajstić information content (AvgIpc) is 3.18. The minimum absolute atomic E-state index is 0.0591. The van der Waals surface area contributed by atoms with Crippen LogP contribution >= 0.6 is 0 Å². The molecule has 0 aromatic heterocycles. The molecule has 4 rings (SSSR count). The van der Waals surface area contributed by atoms with Crippen molar-refractivity contribution in [2.24, 2.45) is 16.7 Å². The third-order valence-corrected chi connectivity index (χ3v) is 10.3. The zero-order chi connectivity index (χ0) is 15.6. The number of Topliss-reactive ketones (excluding diaryl/α,β-unsaturated/α-hetero) is 1. The van der Waals surface area contributed by atoms with Crippen molar-refractivity contribution in [2.45, 2.75) is 81.3 Å². The molecule has 2 saturated carbocycles. The molecule has 124 valence electrons. The molecular formula is C18H28O3Se. The molecule has 2 saturated heterocycles. The van der Waals surface area contributed by atoms with Gasteiger partial charge in [0.2, 0.25) is 0 Å². The van der Waals surface area contributed by atoms with Crippen LogP contribution in [0, 0.1) is 16.7 Å². The molecule has 0 N–H and O–H groups in total. The fourth-order valence-corrected chi connectivity index (χ4v) is 9.02. The topological polar surface area (TPSA) is 35.5 Å². The molecule has 3 nitrogen and oxygen atoms in total. The fourth-order valence-electron chi connectivity index (χ4n) is 5.29. The molecule has 4 fully saturated rings. The fraction of sp³-hybridized carbons (Fsp3) is 0.944. The minimum atomic E-state index is -0.245. The van der Waals surface area contributed by atoms with E-state index in [2.05, 4.69) is 20.8 Å². The zero-order valence-electron chi connectivity index (χ0n) is 14.0. The van der Waals surface area contributed by atoms with Gasteiger partial charge in [0.05, 0.1) is 0 Å². The average molecular weight is 371 g/mol. The molecule has 2 bridgehead atoms. The molecule has 2 heterocycles. The molecule has 0 amide bonds. The van der Waals surface area contributed by atoms with Crippen molar-refractivity contribution >= 4 is 20.7 Å². The maximum absolute atomic E-state index is 12.9. The summed E-state index contributed by atoms with van der Waals surface area (Å²) in [6.07, 6.45) is 7.06. The molecule has 0 radical (unpaired) electrons. The van der Waals surface area contributed by atoms with Gasteiger partial charge in [-0.3, -0.25) is 0 Å². The Labute approximate surface area is 140 Å². The maximum atomic E-state index is 12.9. The molecule has 4 heteroatoms. The monoisotopic (exact) mass is 372 g/mol. The SMILES string of the molecule is CC1(C)[C@@H]2CC[C@@]1(C)C(=O)[C@H]2[Se]C[C@@H]1CC[C@]2(CCCO2)O1. The summed E-state index contributed by atoms with van der Waals surface area (Å²) in [7, 11) is 0. The number of hydrogen-bond donors (Lipinski definition) is 0. The van der Waals surface area contributed by atoms with Gasteiger partial charge in [-0.1, -0.05) is 0 Å². The van der Waals surface area contributed by atoms with E-state index in [1.165, 1.54) is 6.42 Å². The van der Waals surface area contributed by atoms with Gasteiger partial charge in [0.15, 0.2) is 0 Å². The van der Waals surface area contributed by atoms with Crippen molar-refractivity contribution in [1.29, 1.82) is 0 Å². The van der Waals surface area contributed by atoms with Gasteiger partial charge in [0, 0.05) is 0 Å². The summed E-state index contributed by atoms with van der Waals surface area (Å²) in [5, 5.41) is 1.09. The van der Waals surface area contributed by atoms with Gasteiger partial charge >= 0.3 is 140 Å². The van der Waals surface area contributed by atoms with Crippen LogP contribution in [-0.2, 0) is 14.3 Å². The van der Waals surface area contributed by atoms with E-state index in [0.29, 0.717) is 37.6 Å². The van der Waals surface area contributed by atoms with Crippen molar-refractivity contribution in [1.82, 2.24) is 0 Å². The second kappa shape index (κ2) is 5.05. The van der Waals surface area contributed by atoms with Crippen LogP contribution in [-0.4, -0.2) is 39.2 Å². The van der Waals surface area contributed by atoms with E-state index in [4.69, 9.17) is 9.47 Å². The number of carbonyl (C=O) groups excluding carboxylic acids is 1. The number of ketones is 1. The van der Waals surface area contributed by atoms with Crippen molar-refractivity contribution in [2.75, 3.05) is 6.61 Å². The summed E-state index contributed by atoms with van der Waals surface area (Å²) >= 11 is 0.381. The second-order valence-electron chi connectivity index (χ2n) is 8.46. The van der Waals surface area contributed by atoms with Crippen molar-refractivity contribution < 1.29 is 14.3 Å². The Morgan fingerprint density at radius 2 is 2.00 bits per heavy atom. The Bertz CT molecular complexity index is 483. The van der Waals surface area contributed by atoms with Crippen molar-refractivity contribution in [3.63, 3.8) is 0 Å². The molecule has 1 spiro atoms. The number of hydrogen-bond acceptors (Lipinski definition) is 3. The van der Waals surface area contributed by atoms with Crippen LogP contribution in [0.25, 0.3) is 0 Å². The summed E-state index contributed by atoms with van der Waals surface area (Å²) in [6, 6.07) is 0. The van der Waals surface area contributed by atoms with Gasteiger partial charge in [-0.2, -0.15) is 0 Å². The van der Waals surface area contributed by atoms with Crippen LogP contribution < -0.4 is 0 Å². The third-order valence-electron chi connectivity index (χ3n) is 7.23. The summed E-state index contributed by atoms with van der Waals surface area (Å²) in [5.74, 6) is 0.937. The van der Waals surface area contributed by atoms with Crippen LogP contribution in [0.1, 0.15) is 59.3 Å². The Kier molecular flexibility index (Phi) is 3.59. The summed E-state index contributed by atoms with van der Waals surface area (Å²) < 4.78 is 12.1.